The fourth-order valence-electron chi connectivity index (χ4n) is 10.7. The van der Waals surface area contributed by atoms with E-state index >= 15 is 0 Å². The molecule has 0 aromatic heterocycles. The van der Waals surface area contributed by atoms with Crippen LogP contribution in [0.15, 0.2) is 91.0 Å². The molecule has 75 heavy (non-hydrogen) atoms. The van der Waals surface area contributed by atoms with E-state index in [0.717, 1.165) is 53.0 Å². The Labute approximate surface area is 437 Å². The monoisotopic (exact) mass is 1020 g/mol. The van der Waals surface area contributed by atoms with Gasteiger partial charge in [0.1, 0.15) is 24.7 Å². The Morgan fingerprint density at radius 3 is 1.95 bits per heavy atom. The zero-order chi connectivity index (χ0) is 52.8. The third kappa shape index (κ3) is 11.9. The van der Waals surface area contributed by atoms with Crippen LogP contribution in [0, 0.1) is 6.92 Å². The molecule has 3 N–H and O–H groups in total. The molecule has 2 atom stereocenters. The van der Waals surface area contributed by atoms with Crippen LogP contribution in [0.1, 0.15) is 112 Å². The molecule has 4 aliphatic heterocycles. The Kier molecular flexibility index (Phi) is 15.9. The number of Topliss-reactive ketones (excluding diaryl/α,β-unsaturated/α-hetero) is 2. The van der Waals surface area contributed by atoms with Crippen LogP contribution in [0.25, 0.3) is 0 Å². The predicted octanol–water partition coefficient (Wildman–Crippen LogP) is 7.76. The van der Waals surface area contributed by atoms with E-state index in [-0.39, 0.29) is 93.2 Å². The number of aryl methyl sites for hydroxylation is 2. The van der Waals surface area contributed by atoms with Gasteiger partial charge in [0, 0.05) is 93.9 Å². The molecule has 0 fully saturated rings. The molecule has 5 aromatic carbocycles. The summed E-state index contributed by atoms with van der Waals surface area (Å²) in [7, 11) is 5.09. The maximum Gasteiger partial charge on any atom is 0.260 e. The lowest BCUT2D eigenvalue weighted by Crippen LogP contribution is -2.41. The number of anilines is 4. The molecule has 9 rings (SSSR count). The van der Waals surface area contributed by atoms with Crippen LogP contribution in [-0.4, -0.2) is 87.5 Å². The molecule has 5 aromatic rings. The van der Waals surface area contributed by atoms with Crippen molar-refractivity contribution < 1.29 is 47.8 Å². The number of nitrogens with one attached hydrogen (secondary N) is 3. The van der Waals surface area contributed by atoms with Crippen LogP contribution in [0.3, 0.4) is 0 Å². The average Bonchev–Trinajstić information content (AvgIpc) is 3.93. The first kappa shape index (κ1) is 51.9. The van der Waals surface area contributed by atoms with Crippen LogP contribution >= 0.6 is 0 Å². The molecule has 5 amide bonds. The molecule has 0 aliphatic carbocycles. The Morgan fingerprint density at radius 1 is 0.613 bits per heavy atom. The molecular weight excluding hydrogens is 953 g/mol. The molecule has 4 aliphatic rings. The lowest BCUT2D eigenvalue weighted by molar-refractivity contribution is -0.127. The smallest absolute Gasteiger partial charge is 0.260 e. The minimum Gasteiger partial charge on any atom is -0.493 e. The summed E-state index contributed by atoms with van der Waals surface area (Å²) in [4.78, 5) is 96.6. The van der Waals surface area contributed by atoms with Gasteiger partial charge < -0.3 is 44.9 Å². The summed E-state index contributed by atoms with van der Waals surface area (Å²) in [5.74, 6) is -0.00298. The van der Waals surface area contributed by atoms with E-state index in [9.17, 15) is 33.6 Å². The predicted molar refractivity (Wildman–Crippen MR) is 285 cm³/mol. The van der Waals surface area contributed by atoms with Gasteiger partial charge in [-0.15, -0.1) is 0 Å². The van der Waals surface area contributed by atoms with Crippen molar-refractivity contribution in [2.75, 3.05) is 54.3 Å². The number of benzene rings is 5. The van der Waals surface area contributed by atoms with Crippen molar-refractivity contribution in [2.24, 2.45) is 0 Å². The van der Waals surface area contributed by atoms with E-state index in [2.05, 4.69) is 33.0 Å². The number of rotatable bonds is 21. The van der Waals surface area contributed by atoms with Crippen LogP contribution in [0.5, 0.6) is 17.2 Å². The second-order valence-electron chi connectivity index (χ2n) is 19.9. The molecule has 0 unspecified atom stereocenters. The summed E-state index contributed by atoms with van der Waals surface area (Å²) in [5.41, 5.74) is 9.68. The lowest BCUT2D eigenvalue weighted by Gasteiger charge is -2.25. The molecule has 0 saturated heterocycles. The maximum absolute atomic E-state index is 14.2. The van der Waals surface area contributed by atoms with E-state index in [4.69, 9.17) is 14.2 Å². The number of unbranched alkanes of at least 4 members (excludes halogenated alkanes) is 1. The number of hydrogen-bond donors (Lipinski definition) is 3. The zero-order valence-electron chi connectivity index (χ0n) is 43.1. The number of fused-ring (bicyclic) bond motifs is 8. The molecule has 390 valence electrons. The molecule has 0 bridgehead atoms. The average molecular weight is 1020 g/mol. The minimum absolute atomic E-state index is 0.00307. The van der Waals surface area contributed by atoms with Gasteiger partial charge in [0.2, 0.25) is 17.7 Å². The van der Waals surface area contributed by atoms with Gasteiger partial charge in [-0.25, -0.2) is 0 Å². The standard InChI is InChI=1S/C59H64N6O10/c1-36-23-48-51(63(3)33-44-28-41-12-6-9-15-50(41)65(44)59(48)72)31-52(36)74-34-37-24-38(26-42(25-37)62-57(70)22-20-46(67)32-61-56(69)21-19-45(66)13-7-10-16-55(68)60-2)35-75-54-29-39-17-18-43-27-40-11-5-8-14-49(40)64(43)58(71)47(39)30-53(54)73-4/h5-6,8-9,11-12,14-15,23-26,29-31,43-44H,7,10,13,16-22,27-28,32-35H2,1-4H3,(H,60,68)(H,61,69)(H,62,70)/t43-,44+/m1/s1. The summed E-state index contributed by atoms with van der Waals surface area (Å²) in [6, 6.07) is 29.1. The number of likely N-dealkylation sites (N-methyl/N-ethyl adjacent to an activating group) is 1. The lowest BCUT2D eigenvalue weighted by atomic mass is 9.99. The quantitative estimate of drug-likeness (QED) is 0.0609. The van der Waals surface area contributed by atoms with Gasteiger partial charge >= 0.3 is 0 Å². The van der Waals surface area contributed by atoms with E-state index in [1.807, 2.05) is 84.4 Å². The maximum atomic E-state index is 14.2. The fraction of sp³-hybridized carbons (Fsp3) is 0.373. The fourth-order valence-corrected chi connectivity index (χ4v) is 10.7. The number of para-hydroxylation sites is 2. The van der Waals surface area contributed by atoms with Crippen molar-refractivity contribution in [2.45, 2.75) is 109 Å². The topological polar surface area (TPSA) is 193 Å². The van der Waals surface area contributed by atoms with Gasteiger partial charge in [-0.2, -0.15) is 0 Å². The van der Waals surface area contributed by atoms with Crippen molar-refractivity contribution in [1.82, 2.24) is 10.6 Å². The number of ether oxygens (including phenoxy) is 3. The van der Waals surface area contributed by atoms with Gasteiger partial charge in [0.15, 0.2) is 17.3 Å². The van der Waals surface area contributed by atoms with Crippen molar-refractivity contribution in [3.63, 3.8) is 0 Å². The zero-order valence-corrected chi connectivity index (χ0v) is 43.1. The molecular formula is C59H64N6O10. The summed E-state index contributed by atoms with van der Waals surface area (Å²) in [6.45, 7) is 2.45. The van der Waals surface area contributed by atoms with Crippen LogP contribution in [-0.2, 0) is 56.4 Å². The van der Waals surface area contributed by atoms with E-state index in [1.165, 1.54) is 5.56 Å². The first-order chi connectivity index (χ1) is 36.3. The van der Waals surface area contributed by atoms with Gasteiger partial charge in [-0.05, 0) is 127 Å². The number of amides is 5. The highest BCUT2D eigenvalue weighted by molar-refractivity contribution is 6.12. The number of carbonyl (C=O) groups is 7. The van der Waals surface area contributed by atoms with Crippen LogP contribution in [0.4, 0.5) is 22.7 Å². The minimum atomic E-state index is -0.434. The van der Waals surface area contributed by atoms with Crippen LogP contribution in [0.2, 0.25) is 0 Å². The first-order valence-corrected chi connectivity index (χ1v) is 25.9. The highest BCUT2D eigenvalue weighted by atomic mass is 16.5. The molecule has 16 nitrogen and oxygen atoms in total. The van der Waals surface area contributed by atoms with E-state index in [0.29, 0.717) is 77.4 Å². The third-order valence-electron chi connectivity index (χ3n) is 14.6. The number of methoxy groups -OCH3 is 1. The third-order valence-corrected chi connectivity index (χ3v) is 14.6. The van der Waals surface area contributed by atoms with Crippen molar-refractivity contribution in [1.29, 1.82) is 0 Å². The van der Waals surface area contributed by atoms with E-state index < -0.39 is 11.8 Å². The van der Waals surface area contributed by atoms with Gasteiger partial charge in [0.25, 0.3) is 11.8 Å². The molecule has 0 spiro atoms. The second kappa shape index (κ2) is 23.0. The van der Waals surface area contributed by atoms with Crippen LogP contribution < -0.4 is 44.9 Å². The summed E-state index contributed by atoms with van der Waals surface area (Å²) < 4.78 is 18.8. The molecule has 4 heterocycles. The van der Waals surface area contributed by atoms with E-state index in [1.54, 1.807) is 32.4 Å². The Bertz CT molecular complexity index is 3060. The Hall–Kier alpha value is -8.01. The van der Waals surface area contributed by atoms with Gasteiger partial charge in [-0.3, -0.25) is 33.6 Å². The number of ketones is 2. The number of carbonyl (C=O) groups excluding carboxylic acids is 7. The molecule has 16 heteroatoms. The van der Waals surface area contributed by atoms with Crippen molar-refractivity contribution in [3.8, 4) is 17.2 Å². The first-order valence-electron chi connectivity index (χ1n) is 25.9. The van der Waals surface area contributed by atoms with Gasteiger partial charge in [-0.1, -0.05) is 36.4 Å². The largest absolute Gasteiger partial charge is 0.493 e. The Balaban J connectivity index is 0.877. The van der Waals surface area contributed by atoms with Crippen molar-refractivity contribution >= 4 is 63.9 Å². The summed E-state index contributed by atoms with van der Waals surface area (Å²) >= 11 is 0. The number of hydrogen-bond acceptors (Lipinski definition) is 11. The highest BCUT2D eigenvalue weighted by Gasteiger charge is 2.40. The Morgan fingerprint density at radius 2 is 1.24 bits per heavy atom. The highest BCUT2D eigenvalue weighted by Crippen LogP contribution is 2.42. The molecule has 0 saturated carbocycles. The summed E-state index contributed by atoms with van der Waals surface area (Å²) in [6.07, 6.45) is 4.51. The number of nitrogens with zero attached hydrogens (tertiary/aromatic N) is 3. The van der Waals surface area contributed by atoms with Crippen molar-refractivity contribution in [3.05, 3.63) is 136 Å². The normalized spacial score (nSPS) is 16.0. The second-order valence-corrected chi connectivity index (χ2v) is 19.9. The van der Waals surface area contributed by atoms with Gasteiger partial charge in [0.05, 0.1) is 30.9 Å². The molecule has 0 radical (unpaired) electrons. The SMILES string of the molecule is CNC(=O)CCCCC(=O)CCC(=O)NCC(=O)CCC(=O)Nc1cc(COc2cc3c(cc2C)C(=O)N2c4ccccc4C[C@H]2CN3C)cc(COc2cc3c(cc2OC)C(=O)N2c4ccccc4C[C@H]2CC3)c1. The summed E-state index contributed by atoms with van der Waals surface area (Å²) in [5, 5.41) is 8.03.